The maximum atomic E-state index is 10.4. The molecule has 0 aromatic rings. The Labute approximate surface area is 207 Å². The lowest BCUT2D eigenvalue weighted by atomic mass is 9.97. The van der Waals surface area contributed by atoms with Crippen LogP contribution in [0.4, 0.5) is 4.79 Å². The molecule has 0 heterocycles. The maximum Gasteiger partial charge on any atom is 0.507 e. The fraction of sp³-hybridized carbons (Fsp3) is 0.950. The van der Waals surface area contributed by atoms with Crippen LogP contribution < -0.4 is 16.8 Å². The third-order valence-corrected chi connectivity index (χ3v) is 12.2. The van der Waals surface area contributed by atoms with Crippen LogP contribution in [0, 0.1) is 0 Å². The lowest BCUT2D eigenvalue weighted by Gasteiger charge is -2.45. The summed E-state index contributed by atoms with van der Waals surface area (Å²) >= 11 is 0. The summed E-state index contributed by atoms with van der Waals surface area (Å²) < 4.78 is 33.4. The molecular formula is C20H49N3O9Si2. The molecule has 0 bridgehead atoms. The smallest absolute Gasteiger partial charge is 0.396 e. The Morgan fingerprint density at radius 2 is 1.32 bits per heavy atom. The molecule has 14 heteroatoms. The number of nitrogens with one attached hydrogen (secondary N) is 1. The van der Waals surface area contributed by atoms with E-state index in [1.807, 2.05) is 20.8 Å². The fourth-order valence-corrected chi connectivity index (χ4v) is 9.08. The highest BCUT2D eigenvalue weighted by Gasteiger charge is 2.59. The van der Waals surface area contributed by atoms with Gasteiger partial charge in [0.05, 0.1) is 0 Å². The van der Waals surface area contributed by atoms with E-state index in [4.69, 9.17) is 38.0 Å². The van der Waals surface area contributed by atoms with Gasteiger partial charge in [0.1, 0.15) is 0 Å². The van der Waals surface area contributed by atoms with E-state index in [9.17, 15) is 15.0 Å². The van der Waals surface area contributed by atoms with Gasteiger partial charge in [-0.1, -0.05) is 0 Å². The zero-order chi connectivity index (χ0) is 26.5. The second-order valence-corrected chi connectivity index (χ2v) is 13.4. The molecule has 34 heavy (non-hydrogen) atoms. The minimum Gasteiger partial charge on any atom is -0.396 e. The van der Waals surface area contributed by atoms with Crippen molar-refractivity contribution in [2.24, 2.45) is 11.5 Å². The van der Waals surface area contributed by atoms with Gasteiger partial charge in [-0.05, 0) is 53.0 Å². The molecule has 0 aliphatic carbocycles. The molecule has 0 unspecified atom stereocenters. The van der Waals surface area contributed by atoms with Gasteiger partial charge >= 0.3 is 23.6 Å². The Morgan fingerprint density at radius 1 is 0.882 bits per heavy atom. The minimum atomic E-state index is -3.04. The number of carbonyl (C=O) groups excluding carboxylic acids is 1. The second-order valence-electron chi connectivity index (χ2n) is 7.31. The van der Waals surface area contributed by atoms with Crippen molar-refractivity contribution in [2.75, 3.05) is 67.5 Å². The number of rotatable bonds is 20. The fourth-order valence-electron chi connectivity index (χ4n) is 3.77. The van der Waals surface area contributed by atoms with E-state index in [1.54, 1.807) is 21.3 Å². The summed E-state index contributed by atoms with van der Waals surface area (Å²) in [7, 11) is -0.851. The van der Waals surface area contributed by atoms with Gasteiger partial charge in [0.25, 0.3) is 0 Å². The Balaban J connectivity index is 0. The first-order valence-electron chi connectivity index (χ1n) is 11.7. The second kappa shape index (κ2) is 20.5. The molecule has 12 nitrogen and oxygen atoms in total. The van der Waals surface area contributed by atoms with Crippen LogP contribution in [0.3, 0.4) is 0 Å². The summed E-state index contributed by atoms with van der Waals surface area (Å²) in [4.78, 5) is 10.4. The van der Waals surface area contributed by atoms with E-state index in [0.29, 0.717) is 64.6 Å². The lowest BCUT2D eigenvalue weighted by Crippen LogP contribution is -2.58. The highest BCUT2D eigenvalue weighted by molar-refractivity contribution is 6.64. The number of primary amides is 1. The maximum absolute atomic E-state index is 10.4. The van der Waals surface area contributed by atoms with Gasteiger partial charge in [0, 0.05) is 72.0 Å². The largest absolute Gasteiger partial charge is 0.507 e. The molecule has 0 aliphatic heterocycles. The quantitative estimate of drug-likeness (QED) is 0.112. The van der Waals surface area contributed by atoms with Crippen molar-refractivity contribution >= 4 is 23.6 Å². The van der Waals surface area contributed by atoms with Gasteiger partial charge < -0.3 is 53.6 Å². The lowest BCUT2D eigenvalue weighted by molar-refractivity contribution is 0.0284. The first kappa shape index (κ1) is 35.5. The van der Waals surface area contributed by atoms with Crippen molar-refractivity contribution in [3.63, 3.8) is 0 Å². The first-order chi connectivity index (χ1) is 16.2. The molecule has 2 amide bonds. The van der Waals surface area contributed by atoms with Crippen LogP contribution in [-0.4, -0.2) is 101 Å². The molecule has 0 fully saturated rings. The average molecular weight is 532 g/mol. The van der Waals surface area contributed by atoms with Crippen LogP contribution >= 0.6 is 0 Å². The van der Waals surface area contributed by atoms with E-state index in [1.165, 1.54) is 0 Å². The van der Waals surface area contributed by atoms with Gasteiger partial charge in [-0.2, -0.15) is 0 Å². The summed E-state index contributed by atoms with van der Waals surface area (Å²) in [5.74, 6) is 0. The van der Waals surface area contributed by atoms with Crippen molar-refractivity contribution in [1.29, 1.82) is 0 Å². The molecule has 206 valence electrons. The van der Waals surface area contributed by atoms with Crippen LogP contribution in [0.25, 0.3) is 0 Å². The van der Waals surface area contributed by atoms with Crippen molar-refractivity contribution in [3.8, 4) is 0 Å². The molecule has 0 saturated carbocycles. The van der Waals surface area contributed by atoms with E-state index in [-0.39, 0.29) is 13.2 Å². The molecular weight excluding hydrogens is 482 g/mol. The molecule has 0 atom stereocenters. The topological polar surface area (TPSA) is 177 Å². The summed E-state index contributed by atoms with van der Waals surface area (Å²) in [6.07, 6.45) is 2.22. The number of amides is 2. The first-order valence-corrected chi connectivity index (χ1v) is 15.4. The highest BCUT2D eigenvalue weighted by Crippen LogP contribution is 2.49. The van der Waals surface area contributed by atoms with Gasteiger partial charge in [-0.25, -0.2) is 4.79 Å². The molecule has 0 aromatic carbocycles. The van der Waals surface area contributed by atoms with Gasteiger partial charge in [-0.3, -0.25) is 0 Å². The number of carbonyl (C=O) groups is 1. The molecule has 7 N–H and O–H groups in total. The summed E-state index contributed by atoms with van der Waals surface area (Å²) in [6.45, 7) is 7.99. The SMILES string of the molecule is CCO[Si](OCC)(OCC)C(CCN)(CCO)CCO.CO[Si](CCCNC(N)=O)(OC)OC. The normalized spacial score (nSPS) is 12.3. The number of aliphatic hydroxyl groups excluding tert-OH is 2. The summed E-state index contributed by atoms with van der Waals surface area (Å²) in [5.41, 5.74) is 10.7. The molecule has 0 spiro atoms. The Hall–Kier alpha value is -0.656. The van der Waals surface area contributed by atoms with Gasteiger partial charge in [0.15, 0.2) is 0 Å². The van der Waals surface area contributed by atoms with E-state index in [0.717, 1.165) is 0 Å². The van der Waals surface area contributed by atoms with E-state index < -0.39 is 28.7 Å². The minimum absolute atomic E-state index is 0.0119. The van der Waals surface area contributed by atoms with Crippen LogP contribution in [0.1, 0.15) is 46.5 Å². The van der Waals surface area contributed by atoms with Crippen LogP contribution in [0.15, 0.2) is 0 Å². The molecule has 0 radical (unpaired) electrons. The van der Waals surface area contributed by atoms with Crippen molar-refractivity contribution in [1.82, 2.24) is 5.32 Å². The Morgan fingerprint density at radius 3 is 1.62 bits per heavy atom. The zero-order valence-corrected chi connectivity index (χ0v) is 23.9. The van der Waals surface area contributed by atoms with Gasteiger partial charge in [0.2, 0.25) is 0 Å². The molecule has 0 rings (SSSR count). The molecule has 0 aliphatic rings. The van der Waals surface area contributed by atoms with Crippen LogP contribution in [-0.2, 0) is 26.6 Å². The third-order valence-electron chi connectivity index (χ3n) is 5.35. The molecule has 0 saturated heterocycles. The Kier molecular flexibility index (Phi) is 21.4. The van der Waals surface area contributed by atoms with Crippen molar-refractivity contribution in [3.05, 3.63) is 0 Å². The van der Waals surface area contributed by atoms with Crippen molar-refractivity contribution < 1.29 is 41.6 Å². The number of hydrogen-bond acceptors (Lipinski definition) is 10. The third kappa shape index (κ3) is 11.9. The van der Waals surface area contributed by atoms with Gasteiger partial charge in [-0.15, -0.1) is 0 Å². The van der Waals surface area contributed by atoms with E-state index >= 15 is 0 Å². The van der Waals surface area contributed by atoms with Crippen molar-refractivity contribution in [2.45, 2.75) is 57.5 Å². The Bertz CT molecular complexity index is 438. The number of urea groups is 1. The standard InChI is InChI=1S/C13H31NO5Si.C7H18N2O4Si/c1-4-17-20(18-5-2,19-6-3)13(7-10-14,8-11-15)9-12-16;1-11-14(12-2,13-3)6-4-5-9-7(8)10/h15-16H,4-12,14H2,1-3H3;4-6H2,1-3H3,(H3,8,9,10). The number of aliphatic hydroxyl groups is 2. The zero-order valence-electron chi connectivity index (χ0n) is 21.9. The summed E-state index contributed by atoms with van der Waals surface area (Å²) in [6, 6.07) is 0.126. The molecule has 0 aromatic heterocycles. The predicted molar refractivity (Wildman–Crippen MR) is 134 cm³/mol. The summed E-state index contributed by atoms with van der Waals surface area (Å²) in [5, 5.41) is 20.9. The van der Waals surface area contributed by atoms with Crippen LogP contribution in [0.5, 0.6) is 0 Å². The predicted octanol–water partition coefficient (Wildman–Crippen LogP) is 0.812. The highest BCUT2D eigenvalue weighted by atomic mass is 28.4. The van der Waals surface area contributed by atoms with E-state index in [2.05, 4.69) is 5.32 Å². The number of nitrogens with two attached hydrogens (primary N) is 2. The monoisotopic (exact) mass is 531 g/mol. The average Bonchev–Trinajstić information content (AvgIpc) is 2.81. The van der Waals surface area contributed by atoms with Crippen LogP contribution in [0.2, 0.25) is 11.1 Å². The number of hydrogen-bond donors (Lipinski definition) is 5.